The Labute approximate surface area is 121 Å². The minimum Gasteiger partial charge on any atom is -0.399 e. The molecule has 0 spiro atoms. The largest absolute Gasteiger partial charge is 0.399 e. The molecular formula is C13H13N3O4S. The van der Waals surface area contributed by atoms with Crippen LogP contribution in [0.15, 0.2) is 48.5 Å². The number of nitrogens with zero attached hydrogens (tertiary/aromatic N) is 1. The molecule has 0 fully saturated rings. The predicted molar refractivity (Wildman–Crippen MR) is 80.2 cm³/mol. The molecule has 110 valence electrons. The van der Waals surface area contributed by atoms with Crippen LogP contribution in [-0.4, -0.2) is 13.3 Å². The third-order valence-electron chi connectivity index (χ3n) is 2.69. The van der Waals surface area contributed by atoms with Crippen LogP contribution in [0.2, 0.25) is 0 Å². The van der Waals surface area contributed by atoms with Gasteiger partial charge in [0.1, 0.15) is 5.75 Å². The van der Waals surface area contributed by atoms with Crippen molar-refractivity contribution < 1.29 is 13.3 Å². The highest BCUT2D eigenvalue weighted by Gasteiger charge is 2.19. The van der Waals surface area contributed by atoms with E-state index in [2.05, 4.69) is 4.72 Å². The highest BCUT2D eigenvalue weighted by molar-refractivity contribution is 7.91. The van der Waals surface area contributed by atoms with Crippen LogP contribution < -0.4 is 10.5 Å². The molecule has 21 heavy (non-hydrogen) atoms. The average molecular weight is 307 g/mol. The van der Waals surface area contributed by atoms with Gasteiger partial charge in [-0.15, -0.1) is 0 Å². The molecule has 0 aliphatic heterocycles. The lowest BCUT2D eigenvalue weighted by Gasteiger charge is -2.08. The molecule has 0 amide bonds. The van der Waals surface area contributed by atoms with Gasteiger partial charge < -0.3 is 5.73 Å². The Balaban J connectivity index is 2.24. The Kier molecular flexibility index (Phi) is 4.08. The normalized spacial score (nSPS) is 11.0. The minimum atomic E-state index is -3.77. The summed E-state index contributed by atoms with van der Waals surface area (Å²) in [5.74, 6) is -0.487. The van der Waals surface area contributed by atoms with E-state index in [9.17, 15) is 18.5 Å². The molecule has 0 aliphatic rings. The zero-order chi connectivity index (χ0) is 15.5. The SMILES string of the molecule is Nc1cccc(NS(=O)(=O)Cc2ccccc2[N+](=O)[O-])c1. The summed E-state index contributed by atoms with van der Waals surface area (Å²) < 4.78 is 26.5. The van der Waals surface area contributed by atoms with Crippen molar-refractivity contribution >= 4 is 27.1 Å². The third kappa shape index (κ3) is 3.93. The summed E-state index contributed by atoms with van der Waals surface area (Å²) in [6.45, 7) is 0. The fourth-order valence-corrected chi connectivity index (χ4v) is 3.05. The first-order valence-corrected chi connectivity index (χ1v) is 7.61. The fraction of sp³-hybridized carbons (Fsp3) is 0.0769. The van der Waals surface area contributed by atoms with Gasteiger partial charge in [-0.2, -0.15) is 0 Å². The standard InChI is InChI=1S/C13H13N3O4S/c14-11-5-3-6-12(8-11)15-21(19,20)9-10-4-1-2-7-13(10)16(17)18/h1-8,15H,9,14H2. The van der Waals surface area contributed by atoms with E-state index in [4.69, 9.17) is 5.73 Å². The minimum absolute atomic E-state index is 0.124. The van der Waals surface area contributed by atoms with E-state index in [1.165, 1.54) is 24.3 Å². The molecule has 7 nitrogen and oxygen atoms in total. The Morgan fingerprint density at radius 1 is 1.14 bits per heavy atom. The van der Waals surface area contributed by atoms with Crippen molar-refractivity contribution in [1.82, 2.24) is 0 Å². The van der Waals surface area contributed by atoms with E-state index >= 15 is 0 Å². The average Bonchev–Trinajstić information content (AvgIpc) is 2.37. The number of nitrogens with two attached hydrogens (primary N) is 1. The zero-order valence-corrected chi connectivity index (χ0v) is 11.7. The summed E-state index contributed by atoms with van der Waals surface area (Å²) in [5.41, 5.74) is 6.20. The number of anilines is 2. The summed E-state index contributed by atoms with van der Waals surface area (Å²) in [4.78, 5) is 10.3. The van der Waals surface area contributed by atoms with Crippen molar-refractivity contribution in [2.45, 2.75) is 5.75 Å². The summed E-state index contributed by atoms with van der Waals surface area (Å²) in [6.07, 6.45) is 0. The van der Waals surface area contributed by atoms with E-state index in [1.54, 1.807) is 24.3 Å². The first kappa shape index (κ1) is 14.8. The maximum absolute atomic E-state index is 12.1. The van der Waals surface area contributed by atoms with Gasteiger partial charge in [0.05, 0.1) is 10.6 Å². The maximum atomic E-state index is 12.1. The first-order valence-electron chi connectivity index (χ1n) is 5.96. The summed E-state index contributed by atoms with van der Waals surface area (Å²) in [5, 5.41) is 10.9. The van der Waals surface area contributed by atoms with Gasteiger partial charge in [-0.3, -0.25) is 14.8 Å². The van der Waals surface area contributed by atoms with E-state index in [1.807, 2.05) is 0 Å². The molecule has 0 aliphatic carbocycles. The zero-order valence-electron chi connectivity index (χ0n) is 10.9. The van der Waals surface area contributed by atoms with Crippen molar-refractivity contribution in [3.05, 3.63) is 64.2 Å². The Morgan fingerprint density at radius 3 is 2.52 bits per heavy atom. The number of para-hydroxylation sites is 1. The number of benzene rings is 2. The van der Waals surface area contributed by atoms with Gasteiger partial charge in [0.2, 0.25) is 10.0 Å². The van der Waals surface area contributed by atoms with Gasteiger partial charge in [-0.25, -0.2) is 8.42 Å². The van der Waals surface area contributed by atoms with Gasteiger partial charge in [-0.1, -0.05) is 24.3 Å². The van der Waals surface area contributed by atoms with Crippen LogP contribution in [0.4, 0.5) is 17.1 Å². The van der Waals surface area contributed by atoms with Crippen molar-refractivity contribution in [2.75, 3.05) is 10.5 Å². The second-order valence-electron chi connectivity index (χ2n) is 4.37. The lowest BCUT2D eigenvalue weighted by Crippen LogP contribution is -2.16. The highest BCUT2D eigenvalue weighted by Crippen LogP contribution is 2.21. The van der Waals surface area contributed by atoms with E-state index in [-0.39, 0.29) is 11.3 Å². The molecule has 0 radical (unpaired) electrons. The summed E-state index contributed by atoms with van der Waals surface area (Å²) in [7, 11) is -3.77. The molecule has 0 bridgehead atoms. The number of nitro benzene ring substituents is 1. The lowest BCUT2D eigenvalue weighted by atomic mass is 10.2. The number of rotatable bonds is 5. The van der Waals surface area contributed by atoms with E-state index in [0.717, 1.165) is 0 Å². The number of hydrogen-bond donors (Lipinski definition) is 2. The number of nitrogens with one attached hydrogen (secondary N) is 1. The van der Waals surface area contributed by atoms with Crippen molar-refractivity contribution in [1.29, 1.82) is 0 Å². The highest BCUT2D eigenvalue weighted by atomic mass is 32.2. The van der Waals surface area contributed by atoms with Crippen LogP contribution in [0, 0.1) is 10.1 Å². The smallest absolute Gasteiger partial charge is 0.273 e. The number of nitrogen functional groups attached to an aromatic ring is 1. The van der Waals surface area contributed by atoms with Crippen LogP contribution in [-0.2, 0) is 15.8 Å². The molecule has 0 unspecified atom stereocenters. The topological polar surface area (TPSA) is 115 Å². The lowest BCUT2D eigenvalue weighted by molar-refractivity contribution is -0.385. The van der Waals surface area contributed by atoms with Gasteiger partial charge in [0.15, 0.2) is 0 Å². The molecular weight excluding hydrogens is 294 g/mol. The molecule has 8 heteroatoms. The molecule has 2 aromatic rings. The molecule has 2 rings (SSSR count). The monoisotopic (exact) mass is 307 g/mol. The van der Waals surface area contributed by atoms with Crippen molar-refractivity contribution in [3.8, 4) is 0 Å². The molecule has 3 N–H and O–H groups in total. The van der Waals surface area contributed by atoms with Crippen molar-refractivity contribution in [2.24, 2.45) is 0 Å². The molecule has 0 atom stereocenters. The van der Waals surface area contributed by atoms with E-state index < -0.39 is 20.7 Å². The Hall–Kier alpha value is -2.61. The second kappa shape index (κ2) is 5.80. The van der Waals surface area contributed by atoms with Gasteiger partial charge >= 0.3 is 0 Å². The Bertz CT molecular complexity index is 774. The predicted octanol–water partition coefficient (Wildman–Crippen LogP) is 2.12. The van der Waals surface area contributed by atoms with Crippen LogP contribution in [0.25, 0.3) is 0 Å². The molecule has 0 saturated heterocycles. The molecule has 0 saturated carbocycles. The fourth-order valence-electron chi connectivity index (χ4n) is 1.83. The van der Waals surface area contributed by atoms with Gasteiger partial charge in [0, 0.05) is 17.3 Å². The first-order chi connectivity index (χ1) is 9.87. The number of sulfonamides is 1. The van der Waals surface area contributed by atoms with Crippen LogP contribution in [0.1, 0.15) is 5.56 Å². The quantitative estimate of drug-likeness (QED) is 0.498. The second-order valence-corrected chi connectivity index (χ2v) is 6.09. The third-order valence-corrected chi connectivity index (χ3v) is 3.93. The van der Waals surface area contributed by atoms with Crippen LogP contribution in [0.5, 0.6) is 0 Å². The summed E-state index contributed by atoms with van der Waals surface area (Å²) in [6, 6.07) is 12.0. The van der Waals surface area contributed by atoms with Crippen LogP contribution >= 0.6 is 0 Å². The van der Waals surface area contributed by atoms with E-state index in [0.29, 0.717) is 11.4 Å². The molecule has 0 heterocycles. The number of hydrogen-bond acceptors (Lipinski definition) is 5. The number of nitro groups is 1. The molecule has 0 aromatic heterocycles. The summed E-state index contributed by atoms with van der Waals surface area (Å²) >= 11 is 0. The van der Waals surface area contributed by atoms with Crippen molar-refractivity contribution in [3.63, 3.8) is 0 Å². The van der Waals surface area contributed by atoms with Crippen LogP contribution in [0.3, 0.4) is 0 Å². The van der Waals surface area contributed by atoms with Gasteiger partial charge in [-0.05, 0) is 18.2 Å². The molecule has 2 aromatic carbocycles. The maximum Gasteiger partial charge on any atom is 0.273 e. The van der Waals surface area contributed by atoms with Gasteiger partial charge in [0.25, 0.3) is 5.69 Å². The Morgan fingerprint density at radius 2 is 1.86 bits per heavy atom.